The molecule has 0 radical (unpaired) electrons. The number of halogens is 2. The number of hydrogen-bond acceptors (Lipinski definition) is 3. The number of hydrogen-bond donors (Lipinski definition) is 1. The zero-order chi connectivity index (χ0) is 17.5. The predicted molar refractivity (Wildman–Crippen MR) is 95.0 cm³/mol. The molecular formula is C17H22Cl2N2O3. The van der Waals surface area contributed by atoms with Crippen LogP contribution in [-0.4, -0.2) is 43.5 Å². The Labute approximate surface area is 152 Å². The van der Waals surface area contributed by atoms with Gasteiger partial charge in [-0.25, -0.2) is 0 Å². The summed E-state index contributed by atoms with van der Waals surface area (Å²) in [5.41, 5.74) is 0.341. The average Bonchev–Trinajstić information content (AvgIpc) is 2.83. The number of carbonyl (C=O) groups is 2. The lowest BCUT2D eigenvalue weighted by Gasteiger charge is -2.20. The fourth-order valence-corrected chi connectivity index (χ4v) is 3.39. The van der Waals surface area contributed by atoms with Gasteiger partial charge in [-0.05, 0) is 25.0 Å². The van der Waals surface area contributed by atoms with Crippen LogP contribution in [0.1, 0.15) is 42.5 Å². The molecule has 0 atom stereocenters. The summed E-state index contributed by atoms with van der Waals surface area (Å²) in [5, 5.41) is 3.28. The molecule has 1 saturated heterocycles. The second-order valence-corrected chi connectivity index (χ2v) is 6.59. The number of carbonyl (C=O) groups excluding carboxylic acids is 2. The number of nitrogens with one attached hydrogen (secondary N) is 1. The number of likely N-dealkylation sites (tertiary alicyclic amines) is 1. The highest BCUT2D eigenvalue weighted by Gasteiger charge is 2.16. The van der Waals surface area contributed by atoms with Crippen molar-refractivity contribution in [3.05, 3.63) is 27.7 Å². The Morgan fingerprint density at radius 2 is 1.71 bits per heavy atom. The molecule has 0 aliphatic carbocycles. The molecule has 1 aromatic rings. The Kier molecular flexibility index (Phi) is 7.18. The van der Waals surface area contributed by atoms with E-state index in [4.69, 9.17) is 27.9 Å². The Bertz CT molecular complexity index is 576. The van der Waals surface area contributed by atoms with Gasteiger partial charge < -0.3 is 15.0 Å². The highest BCUT2D eigenvalue weighted by atomic mass is 35.5. The van der Waals surface area contributed by atoms with Crippen LogP contribution >= 0.6 is 23.2 Å². The Morgan fingerprint density at radius 1 is 1.12 bits per heavy atom. The minimum absolute atomic E-state index is 0.0861. The van der Waals surface area contributed by atoms with Gasteiger partial charge in [0.25, 0.3) is 5.91 Å². The maximum absolute atomic E-state index is 12.2. The summed E-state index contributed by atoms with van der Waals surface area (Å²) < 4.78 is 5.05. The fraction of sp³-hybridized carbons (Fsp3) is 0.529. The molecule has 7 heteroatoms. The standard InChI is InChI=1S/C17H22Cl2N2O3/c1-24-16-13(18)10-12(11-14(16)19)17(23)20-7-6-15(22)21-8-4-2-3-5-9-21/h10-11H,2-9H2,1H3,(H,20,23). The van der Waals surface area contributed by atoms with Crippen molar-refractivity contribution in [3.8, 4) is 5.75 Å². The molecule has 0 saturated carbocycles. The Hall–Kier alpha value is -1.46. The average molecular weight is 373 g/mol. The van der Waals surface area contributed by atoms with E-state index in [2.05, 4.69) is 5.32 Å². The summed E-state index contributed by atoms with van der Waals surface area (Å²) in [6.07, 6.45) is 4.77. The maximum atomic E-state index is 12.2. The molecule has 1 aliphatic heterocycles. The number of benzene rings is 1. The van der Waals surface area contributed by atoms with E-state index in [0.29, 0.717) is 17.7 Å². The second kappa shape index (κ2) is 9.14. The summed E-state index contributed by atoms with van der Waals surface area (Å²) in [6, 6.07) is 3.00. The van der Waals surface area contributed by atoms with Gasteiger partial charge in [-0.3, -0.25) is 9.59 Å². The third-order valence-corrected chi connectivity index (χ3v) is 4.61. The smallest absolute Gasteiger partial charge is 0.251 e. The van der Waals surface area contributed by atoms with Crippen LogP contribution in [-0.2, 0) is 4.79 Å². The van der Waals surface area contributed by atoms with Crippen molar-refractivity contribution in [1.82, 2.24) is 10.2 Å². The first-order valence-corrected chi connectivity index (χ1v) is 8.87. The van der Waals surface area contributed by atoms with Gasteiger partial charge in [-0.2, -0.15) is 0 Å². The van der Waals surface area contributed by atoms with Gasteiger partial charge in [0.1, 0.15) is 0 Å². The first-order valence-electron chi connectivity index (χ1n) is 8.12. The van der Waals surface area contributed by atoms with Crippen molar-refractivity contribution in [2.24, 2.45) is 0 Å². The molecule has 1 aromatic carbocycles. The molecule has 24 heavy (non-hydrogen) atoms. The molecule has 132 valence electrons. The molecule has 1 aliphatic rings. The lowest BCUT2D eigenvalue weighted by molar-refractivity contribution is -0.131. The van der Waals surface area contributed by atoms with Crippen LogP contribution < -0.4 is 10.1 Å². The first-order chi connectivity index (χ1) is 11.5. The molecule has 1 heterocycles. The van der Waals surface area contributed by atoms with Gasteiger partial charge in [0.05, 0.1) is 17.2 Å². The van der Waals surface area contributed by atoms with Crippen LogP contribution in [0.4, 0.5) is 0 Å². The quantitative estimate of drug-likeness (QED) is 0.859. The van der Waals surface area contributed by atoms with E-state index in [1.165, 1.54) is 32.1 Å². The second-order valence-electron chi connectivity index (χ2n) is 5.77. The maximum Gasteiger partial charge on any atom is 0.251 e. The van der Waals surface area contributed by atoms with E-state index in [0.717, 1.165) is 25.9 Å². The molecule has 1 fully saturated rings. The highest BCUT2D eigenvalue weighted by Crippen LogP contribution is 2.33. The third kappa shape index (κ3) is 5.02. The molecule has 2 amide bonds. The zero-order valence-corrected chi connectivity index (χ0v) is 15.3. The fourth-order valence-electron chi connectivity index (χ4n) is 2.75. The normalized spacial score (nSPS) is 14.9. The number of nitrogens with zero attached hydrogens (tertiary/aromatic N) is 1. The van der Waals surface area contributed by atoms with Gasteiger partial charge in [-0.1, -0.05) is 36.0 Å². The topological polar surface area (TPSA) is 58.6 Å². The number of amides is 2. The minimum Gasteiger partial charge on any atom is -0.494 e. The molecule has 0 unspecified atom stereocenters. The Morgan fingerprint density at radius 3 is 2.25 bits per heavy atom. The lowest BCUT2D eigenvalue weighted by Crippen LogP contribution is -2.35. The van der Waals surface area contributed by atoms with Gasteiger partial charge in [0.15, 0.2) is 5.75 Å². The van der Waals surface area contributed by atoms with Crippen LogP contribution in [0.2, 0.25) is 10.0 Å². The molecule has 2 rings (SSSR count). The van der Waals surface area contributed by atoms with E-state index in [1.54, 1.807) is 0 Å². The van der Waals surface area contributed by atoms with Gasteiger partial charge in [-0.15, -0.1) is 0 Å². The SMILES string of the molecule is COc1c(Cl)cc(C(=O)NCCC(=O)N2CCCCCC2)cc1Cl. The van der Waals surface area contributed by atoms with Crippen LogP contribution in [0.5, 0.6) is 5.75 Å². The van der Waals surface area contributed by atoms with Crippen molar-refractivity contribution in [3.63, 3.8) is 0 Å². The number of methoxy groups -OCH3 is 1. The summed E-state index contributed by atoms with van der Waals surface area (Å²) >= 11 is 12.1. The van der Waals surface area contributed by atoms with Crippen LogP contribution in [0.15, 0.2) is 12.1 Å². The highest BCUT2D eigenvalue weighted by molar-refractivity contribution is 6.37. The summed E-state index contributed by atoms with van der Waals surface area (Å²) in [5.74, 6) is 0.110. The van der Waals surface area contributed by atoms with Gasteiger partial charge in [0.2, 0.25) is 5.91 Å². The van der Waals surface area contributed by atoms with Crippen LogP contribution in [0.3, 0.4) is 0 Å². The molecule has 0 bridgehead atoms. The van der Waals surface area contributed by atoms with Crippen LogP contribution in [0.25, 0.3) is 0 Å². The summed E-state index contributed by atoms with van der Waals surface area (Å²) in [4.78, 5) is 26.2. The molecule has 0 aromatic heterocycles. The lowest BCUT2D eigenvalue weighted by atomic mass is 10.2. The zero-order valence-electron chi connectivity index (χ0n) is 13.7. The Balaban J connectivity index is 1.85. The van der Waals surface area contributed by atoms with Crippen molar-refractivity contribution in [2.45, 2.75) is 32.1 Å². The largest absolute Gasteiger partial charge is 0.494 e. The van der Waals surface area contributed by atoms with E-state index < -0.39 is 0 Å². The number of ether oxygens (including phenoxy) is 1. The molecule has 5 nitrogen and oxygen atoms in total. The minimum atomic E-state index is -0.315. The third-order valence-electron chi connectivity index (χ3n) is 4.05. The van der Waals surface area contributed by atoms with Gasteiger partial charge >= 0.3 is 0 Å². The van der Waals surface area contributed by atoms with Crippen LogP contribution in [0, 0.1) is 0 Å². The number of rotatable bonds is 5. The monoisotopic (exact) mass is 372 g/mol. The van der Waals surface area contributed by atoms with Crippen molar-refractivity contribution < 1.29 is 14.3 Å². The molecule has 0 spiro atoms. The van der Waals surface area contributed by atoms with E-state index in [9.17, 15) is 9.59 Å². The van der Waals surface area contributed by atoms with E-state index in [-0.39, 0.29) is 28.4 Å². The molecular weight excluding hydrogens is 351 g/mol. The molecule has 1 N–H and O–H groups in total. The van der Waals surface area contributed by atoms with Gasteiger partial charge in [0, 0.05) is 31.6 Å². The van der Waals surface area contributed by atoms with Crippen molar-refractivity contribution in [1.29, 1.82) is 0 Å². The summed E-state index contributed by atoms with van der Waals surface area (Å²) in [7, 11) is 1.46. The summed E-state index contributed by atoms with van der Waals surface area (Å²) in [6.45, 7) is 1.92. The predicted octanol–water partition coefficient (Wildman–Crippen LogP) is 3.52. The van der Waals surface area contributed by atoms with E-state index >= 15 is 0 Å². The van der Waals surface area contributed by atoms with Crippen molar-refractivity contribution in [2.75, 3.05) is 26.7 Å². The first kappa shape index (κ1) is 18.9. The van der Waals surface area contributed by atoms with E-state index in [1.807, 2.05) is 4.90 Å². The van der Waals surface area contributed by atoms with Crippen molar-refractivity contribution >= 4 is 35.0 Å².